The molecule has 3 heteroatoms. The van der Waals surface area contributed by atoms with Gasteiger partial charge in [-0.05, 0) is 37.1 Å². The number of hydrogen-bond acceptors (Lipinski definition) is 2. The van der Waals surface area contributed by atoms with Crippen molar-refractivity contribution in [2.45, 2.75) is 33.0 Å². The lowest BCUT2D eigenvalue weighted by Crippen LogP contribution is -2.31. The zero-order valence-electron chi connectivity index (χ0n) is 12.0. The predicted molar refractivity (Wildman–Crippen MR) is 82.1 cm³/mol. The van der Waals surface area contributed by atoms with Crippen LogP contribution in [0.15, 0.2) is 48.5 Å². The number of nitrogens with zero attached hydrogens (tertiary/aromatic N) is 1. The minimum Gasteiger partial charge on any atom is -0.362 e. The zero-order chi connectivity index (χ0) is 14.5. The van der Waals surface area contributed by atoms with Gasteiger partial charge in [0.15, 0.2) is 0 Å². The summed E-state index contributed by atoms with van der Waals surface area (Å²) in [6.45, 7) is 5.19. The molecule has 0 atom stereocenters. The number of halogens is 1. The van der Waals surface area contributed by atoms with Gasteiger partial charge in [-0.2, -0.15) is 0 Å². The summed E-state index contributed by atoms with van der Waals surface area (Å²) in [4.78, 5) is 2.06. The van der Waals surface area contributed by atoms with Crippen molar-refractivity contribution in [3.8, 4) is 0 Å². The topological polar surface area (TPSA) is 29.3 Å². The van der Waals surface area contributed by atoms with Crippen molar-refractivity contribution >= 4 is 5.69 Å². The Hall–Kier alpha value is -1.87. The van der Waals surface area contributed by atoms with Crippen LogP contribution in [0.3, 0.4) is 0 Å². The van der Waals surface area contributed by atoms with Gasteiger partial charge in [-0.3, -0.25) is 0 Å². The maximum Gasteiger partial charge on any atom is 0.146 e. The molecule has 0 bridgehead atoms. The third kappa shape index (κ3) is 3.36. The molecular weight excluding hydrogens is 251 g/mol. The van der Waals surface area contributed by atoms with Gasteiger partial charge in [-0.15, -0.1) is 0 Å². The van der Waals surface area contributed by atoms with Gasteiger partial charge in [-0.1, -0.05) is 36.4 Å². The quantitative estimate of drug-likeness (QED) is 0.899. The molecular formula is C17H21FN2. The molecule has 0 fully saturated rings. The van der Waals surface area contributed by atoms with Crippen molar-refractivity contribution in [1.29, 1.82) is 0 Å². The second-order valence-corrected chi connectivity index (χ2v) is 5.20. The van der Waals surface area contributed by atoms with Crippen molar-refractivity contribution in [3.63, 3.8) is 0 Å². The molecule has 2 rings (SSSR count). The van der Waals surface area contributed by atoms with Crippen LogP contribution in [-0.4, -0.2) is 6.04 Å². The van der Waals surface area contributed by atoms with Crippen LogP contribution in [0.2, 0.25) is 0 Å². The number of rotatable bonds is 5. The average Bonchev–Trinajstić information content (AvgIpc) is 2.46. The predicted octanol–water partition coefficient (Wildman–Crippen LogP) is 3.70. The van der Waals surface area contributed by atoms with Crippen molar-refractivity contribution < 1.29 is 4.39 Å². The second kappa shape index (κ2) is 6.53. The molecule has 0 unspecified atom stereocenters. The molecule has 0 aromatic heterocycles. The van der Waals surface area contributed by atoms with E-state index in [4.69, 9.17) is 5.73 Å². The first kappa shape index (κ1) is 14.5. The van der Waals surface area contributed by atoms with Gasteiger partial charge in [0.25, 0.3) is 0 Å². The Morgan fingerprint density at radius 1 is 1.05 bits per heavy atom. The number of anilines is 1. The first-order chi connectivity index (χ1) is 9.61. The van der Waals surface area contributed by atoms with Crippen LogP contribution < -0.4 is 10.6 Å². The Morgan fingerprint density at radius 3 is 2.30 bits per heavy atom. The van der Waals surface area contributed by atoms with Gasteiger partial charge >= 0.3 is 0 Å². The van der Waals surface area contributed by atoms with Crippen molar-refractivity contribution in [1.82, 2.24) is 0 Å². The van der Waals surface area contributed by atoms with E-state index in [0.717, 1.165) is 5.56 Å². The van der Waals surface area contributed by atoms with E-state index in [2.05, 4.69) is 30.9 Å². The molecule has 0 aliphatic heterocycles. The Balaban J connectivity index is 2.29. The fraction of sp³-hybridized carbons (Fsp3) is 0.294. The molecule has 0 spiro atoms. The molecule has 2 aromatic rings. The highest BCUT2D eigenvalue weighted by molar-refractivity contribution is 5.50. The van der Waals surface area contributed by atoms with E-state index >= 15 is 0 Å². The summed E-state index contributed by atoms with van der Waals surface area (Å²) in [5, 5.41) is 0. The third-order valence-corrected chi connectivity index (χ3v) is 3.38. The first-order valence-electron chi connectivity index (χ1n) is 6.91. The Bertz CT molecular complexity index is 552. The van der Waals surface area contributed by atoms with Crippen LogP contribution in [0.25, 0.3) is 0 Å². The van der Waals surface area contributed by atoms with E-state index in [1.165, 1.54) is 11.6 Å². The van der Waals surface area contributed by atoms with Gasteiger partial charge in [0.2, 0.25) is 0 Å². The number of nitrogens with two attached hydrogens (primary N) is 1. The van der Waals surface area contributed by atoms with Crippen molar-refractivity contribution in [2.24, 2.45) is 5.73 Å². The lowest BCUT2D eigenvalue weighted by atomic mass is 10.1. The average molecular weight is 272 g/mol. The maximum atomic E-state index is 14.3. The second-order valence-electron chi connectivity index (χ2n) is 5.20. The van der Waals surface area contributed by atoms with Crippen LogP contribution in [0.4, 0.5) is 10.1 Å². The first-order valence-corrected chi connectivity index (χ1v) is 6.91. The standard InChI is InChI=1S/C17H21FN2/c1-13(2)20(12-14-6-4-3-5-7-14)17-9-8-15(11-19)10-16(17)18/h3-10,13H,11-12,19H2,1-2H3. The van der Waals surface area contributed by atoms with Gasteiger partial charge in [0, 0.05) is 19.1 Å². The Kier molecular flexibility index (Phi) is 4.74. The highest BCUT2D eigenvalue weighted by Gasteiger charge is 2.15. The smallest absolute Gasteiger partial charge is 0.146 e. The molecule has 0 radical (unpaired) electrons. The lowest BCUT2D eigenvalue weighted by molar-refractivity contribution is 0.597. The monoisotopic (exact) mass is 272 g/mol. The minimum absolute atomic E-state index is 0.211. The highest BCUT2D eigenvalue weighted by atomic mass is 19.1. The molecule has 0 saturated heterocycles. The Morgan fingerprint density at radius 2 is 1.75 bits per heavy atom. The molecule has 2 N–H and O–H groups in total. The van der Waals surface area contributed by atoms with Gasteiger partial charge in [0.05, 0.1) is 5.69 Å². The van der Waals surface area contributed by atoms with E-state index < -0.39 is 0 Å². The van der Waals surface area contributed by atoms with Crippen molar-refractivity contribution in [2.75, 3.05) is 4.90 Å². The summed E-state index contributed by atoms with van der Waals surface area (Å²) >= 11 is 0. The highest BCUT2D eigenvalue weighted by Crippen LogP contribution is 2.24. The molecule has 0 saturated carbocycles. The van der Waals surface area contributed by atoms with Crippen LogP contribution in [0.5, 0.6) is 0 Å². The van der Waals surface area contributed by atoms with Crippen LogP contribution in [0, 0.1) is 5.82 Å². The SMILES string of the molecule is CC(C)N(Cc1ccccc1)c1ccc(CN)cc1F. The Labute approximate surface area is 120 Å². The van der Waals surface area contributed by atoms with Gasteiger partial charge < -0.3 is 10.6 Å². The van der Waals surface area contributed by atoms with Gasteiger partial charge in [0.1, 0.15) is 5.82 Å². The molecule has 0 amide bonds. The summed E-state index contributed by atoms with van der Waals surface area (Å²) < 4.78 is 14.3. The summed E-state index contributed by atoms with van der Waals surface area (Å²) in [5.74, 6) is -0.211. The molecule has 2 nitrogen and oxygen atoms in total. The molecule has 20 heavy (non-hydrogen) atoms. The number of hydrogen-bond donors (Lipinski definition) is 1. The molecule has 106 valence electrons. The fourth-order valence-corrected chi connectivity index (χ4v) is 2.24. The normalized spacial score (nSPS) is 10.8. The number of benzene rings is 2. The third-order valence-electron chi connectivity index (χ3n) is 3.38. The minimum atomic E-state index is -0.211. The van der Waals surface area contributed by atoms with E-state index in [-0.39, 0.29) is 11.9 Å². The molecule has 0 heterocycles. The van der Waals surface area contributed by atoms with E-state index in [1.807, 2.05) is 30.3 Å². The van der Waals surface area contributed by atoms with Crippen LogP contribution in [0.1, 0.15) is 25.0 Å². The summed E-state index contributed by atoms with van der Waals surface area (Å²) in [7, 11) is 0. The molecule has 0 aliphatic rings. The van der Waals surface area contributed by atoms with Crippen LogP contribution in [-0.2, 0) is 13.1 Å². The maximum absolute atomic E-state index is 14.3. The van der Waals surface area contributed by atoms with Crippen LogP contribution >= 0.6 is 0 Å². The van der Waals surface area contributed by atoms with E-state index in [0.29, 0.717) is 18.8 Å². The molecule has 0 aliphatic carbocycles. The van der Waals surface area contributed by atoms with E-state index in [1.54, 1.807) is 0 Å². The zero-order valence-corrected chi connectivity index (χ0v) is 12.0. The summed E-state index contributed by atoms with van der Waals surface area (Å²) in [5.41, 5.74) is 8.16. The van der Waals surface area contributed by atoms with E-state index in [9.17, 15) is 4.39 Å². The van der Waals surface area contributed by atoms with Crippen molar-refractivity contribution in [3.05, 3.63) is 65.5 Å². The summed E-state index contributed by atoms with van der Waals surface area (Å²) in [6.07, 6.45) is 0. The molecule has 2 aromatic carbocycles. The van der Waals surface area contributed by atoms with Gasteiger partial charge in [-0.25, -0.2) is 4.39 Å². The fourth-order valence-electron chi connectivity index (χ4n) is 2.24. The summed E-state index contributed by atoms with van der Waals surface area (Å²) in [6, 6.07) is 15.6. The largest absolute Gasteiger partial charge is 0.362 e. The lowest BCUT2D eigenvalue weighted by Gasteiger charge is -2.29.